The van der Waals surface area contributed by atoms with Gasteiger partial charge in [-0.05, 0) is 24.0 Å². The molecule has 2 rings (SSSR count). The Kier molecular flexibility index (Phi) is 4.52. The minimum absolute atomic E-state index is 0.780. The molecule has 0 spiro atoms. The maximum atomic E-state index is 2.43. The van der Waals surface area contributed by atoms with Crippen molar-refractivity contribution in [3.63, 3.8) is 0 Å². The molecule has 2 heterocycles. The lowest BCUT2D eigenvalue weighted by molar-refractivity contribution is -0.882. The topological polar surface area (TPSA) is 0 Å². The van der Waals surface area contributed by atoms with E-state index in [0.717, 1.165) is 20.8 Å². The molecule has 0 fully saturated rings. The Balaban J connectivity index is 1.80. The third-order valence-electron chi connectivity index (χ3n) is 5.08. The molecular formula is C17H32N2+2. The summed E-state index contributed by atoms with van der Waals surface area (Å²) in [6.07, 6.45) is 13.7. The molecule has 0 saturated heterocycles. The van der Waals surface area contributed by atoms with Gasteiger partial charge in [0.2, 0.25) is 0 Å². The Hall–Kier alpha value is -0.600. The van der Waals surface area contributed by atoms with Gasteiger partial charge in [-0.15, -0.1) is 0 Å². The maximum absolute atomic E-state index is 2.43. The summed E-state index contributed by atoms with van der Waals surface area (Å²) in [5.41, 5.74) is 0. The molecule has 0 bridgehead atoms. The zero-order chi connectivity index (χ0) is 13.9. The van der Waals surface area contributed by atoms with E-state index < -0.39 is 0 Å². The van der Waals surface area contributed by atoms with Gasteiger partial charge in [-0.3, -0.25) is 8.97 Å². The van der Waals surface area contributed by atoms with Gasteiger partial charge in [0.15, 0.2) is 0 Å². The van der Waals surface area contributed by atoms with Crippen molar-refractivity contribution in [1.29, 1.82) is 0 Å². The molecule has 0 aliphatic carbocycles. The fraction of sp³-hybridized carbons (Fsp3) is 0.765. The summed E-state index contributed by atoms with van der Waals surface area (Å²) in [4.78, 5) is 0. The first-order valence-electron chi connectivity index (χ1n) is 7.98. The summed E-state index contributed by atoms with van der Waals surface area (Å²) in [6.45, 7) is 9.86. The fourth-order valence-electron chi connectivity index (χ4n) is 3.21. The van der Waals surface area contributed by atoms with Gasteiger partial charge in [0.25, 0.3) is 0 Å². The Morgan fingerprint density at radius 2 is 1.26 bits per heavy atom. The number of hydrogen-bond donors (Lipinski definition) is 0. The van der Waals surface area contributed by atoms with Crippen LogP contribution in [0.1, 0.15) is 33.1 Å². The van der Waals surface area contributed by atoms with Crippen LogP contribution in [0, 0.1) is 11.8 Å². The highest BCUT2D eigenvalue weighted by molar-refractivity contribution is 4.86. The average Bonchev–Trinajstić information content (AvgIpc) is 2.38. The summed E-state index contributed by atoms with van der Waals surface area (Å²) in [7, 11) is 4.77. The molecule has 4 unspecified atom stereocenters. The summed E-state index contributed by atoms with van der Waals surface area (Å²) >= 11 is 0. The van der Waals surface area contributed by atoms with Gasteiger partial charge in [-0.25, -0.2) is 0 Å². The Labute approximate surface area is 119 Å². The lowest BCUT2D eigenvalue weighted by Crippen LogP contribution is -2.47. The van der Waals surface area contributed by atoms with Crippen LogP contribution in [0.5, 0.6) is 0 Å². The van der Waals surface area contributed by atoms with Gasteiger partial charge in [0.1, 0.15) is 0 Å². The van der Waals surface area contributed by atoms with E-state index in [9.17, 15) is 0 Å². The molecule has 2 aliphatic heterocycles. The molecule has 2 aliphatic rings. The SMILES string of the molecule is CC1C=C[N+](C)(CCC[N+]2(C)C=CC(C)CC2)CC1. The number of rotatable bonds is 4. The van der Waals surface area contributed by atoms with E-state index in [2.05, 4.69) is 52.5 Å². The van der Waals surface area contributed by atoms with E-state index in [1.165, 1.54) is 45.4 Å². The number of allylic oxidation sites excluding steroid dienone is 2. The first kappa shape index (κ1) is 14.8. The number of hydrogen-bond acceptors (Lipinski definition) is 0. The van der Waals surface area contributed by atoms with Crippen molar-refractivity contribution in [3.05, 3.63) is 24.6 Å². The van der Waals surface area contributed by atoms with Crippen LogP contribution in [-0.2, 0) is 0 Å². The van der Waals surface area contributed by atoms with Crippen LogP contribution in [-0.4, -0.2) is 49.2 Å². The molecule has 0 saturated carbocycles. The molecule has 2 heteroatoms. The molecule has 4 atom stereocenters. The fourth-order valence-corrected chi connectivity index (χ4v) is 3.21. The van der Waals surface area contributed by atoms with Gasteiger partial charge in [0, 0.05) is 19.3 Å². The second kappa shape index (κ2) is 5.80. The predicted molar refractivity (Wildman–Crippen MR) is 82.3 cm³/mol. The molecule has 0 radical (unpaired) electrons. The minimum Gasteiger partial charge on any atom is -0.300 e. The van der Waals surface area contributed by atoms with Crippen LogP contribution >= 0.6 is 0 Å². The summed E-state index contributed by atoms with van der Waals surface area (Å²) in [5.74, 6) is 1.56. The Morgan fingerprint density at radius 3 is 1.58 bits per heavy atom. The molecule has 108 valence electrons. The lowest BCUT2D eigenvalue weighted by atomic mass is 10.0. The Bertz CT molecular complexity index is 326. The smallest absolute Gasteiger partial charge is 0.0918 e. The van der Waals surface area contributed by atoms with Crippen LogP contribution in [0.3, 0.4) is 0 Å². The highest BCUT2D eigenvalue weighted by Crippen LogP contribution is 2.22. The lowest BCUT2D eigenvalue weighted by Gasteiger charge is -2.37. The van der Waals surface area contributed by atoms with E-state index >= 15 is 0 Å². The maximum Gasteiger partial charge on any atom is 0.0918 e. The molecule has 0 N–H and O–H groups in total. The van der Waals surface area contributed by atoms with E-state index in [1.807, 2.05) is 0 Å². The summed E-state index contributed by atoms with van der Waals surface area (Å²) in [5, 5.41) is 0. The highest BCUT2D eigenvalue weighted by atomic mass is 15.3. The van der Waals surface area contributed by atoms with Crippen LogP contribution in [0.25, 0.3) is 0 Å². The normalized spacial score (nSPS) is 42.5. The molecule has 19 heavy (non-hydrogen) atoms. The summed E-state index contributed by atoms with van der Waals surface area (Å²) in [6, 6.07) is 0. The zero-order valence-corrected chi connectivity index (χ0v) is 13.3. The van der Waals surface area contributed by atoms with Crippen molar-refractivity contribution in [2.24, 2.45) is 11.8 Å². The van der Waals surface area contributed by atoms with Gasteiger partial charge in [-0.1, -0.05) is 13.8 Å². The van der Waals surface area contributed by atoms with Crippen LogP contribution in [0.15, 0.2) is 24.6 Å². The molecule has 0 aromatic heterocycles. The molecule has 0 aromatic carbocycles. The molecular weight excluding hydrogens is 232 g/mol. The number of quaternary nitrogens is 2. The first-order chi connectivity index (χ1) is 8.91. The van der Waals surface area contributed by atoms with E-state index in [1.54, 1.807) is 0 Å². The second-order valence-corrected chi connectivity index (χ2v) is 7.42. The van der Waals surface area contributed by atoms with E-state index in [4.69, 9.17) is 0 Å². The van der Waals surface area contributed by atoms with Crippen molar-refractivity contribution in [3.8, 4) is 0 Å². The second-order valence-electron chi connectivity index (χ2n) is 7.42. The summed E-state index contributed by atoms with van der Waals surface area (Å²) < 4.78 is 2.29. The third kappa shape index (κ3) is 4.19. The van der Waals surface area contributed by atoms with Gasteiger partial charge in [-0.2, -0.15) is 0 Å². The van der Waals surface area contributed by atoms with E-state index in [-0.39, 0.29) is 0 Å². The van der Waals surface area contributed by atoms with Crippen molar-refractivity contribution >= 4 is 0 Å². The quantitative estimate of drug-likeness (QED) is 0.683. The standard InChI is InChI=1S/C17H32N2/c1-16-6-12-18(3,13-7-16)10-5-11-19(4)14-8-17(2)9-15-19/h6,8,12,14,16-17H,5,7,9-11,13,15H2,1-4H3/q+2. The molecule has 0 amide bonds. The molecule has 0 aromatic rings. The zero-order valence-electron chi connectivity index (χ0n) is 13.3. The van der Waals surface area contributed by atoms with Gasteiger partial charge in [0.05, 0.1) is 52.7 Å². The van der Waals surface area contributed by atoms with Crippen LogP contribution in [0.2, 0.25) is 0 Å². The van der Waals surface area contributed by atoms with Crippen LogP contribution in [0.4, 0.5) is 0 Å². The van der Waals surface area contributed by atoms with Crippen molar-refractivity contribution < 1.29 is 8.97 Å². The average molecular weight is 264 g/mol. The van der Waals surface area contributed by atoms with Crippen molar-refractivity contribution in [2.75, 3.05) is 40.3 Å². The third-order valence-corrected chi connectivity index (χ3v) is 5.08. The Morgan fingerprint density at radius 1 is 0.842 bits per heavy atom. The minimum atomic E-state index is 0.780. The van der Waals surface area contributed by atoms with Crippen LogP contribution < -0.4 is 0 Å². The van der Waals surface area contributed by atoms with Gasteiger partial charge >= 0.3 is 0 Å². The molecule has 2 nitrogen and oxygen atoms in total. The van der Waals surface area contributed by atoms with Crippen molar-refractivity contribution in [1.82, 2.24) is 0 Å². The highest BCUT2D eigenvalue weighted by Gasteiger charge is 2.27. The number of nitrogens with zero attached hydrogens (tertiary/aromatic N) is 2. The van der Waals surface area contributed by atoms with Crippen molar-refractivity contribution in [2.45, 2.75) is 33.1 Å². The van der Waals surface area contributed by atoms with Gasteiger partial charge < -0.3 is 0 Å². The largest absolute Gasteiger partial charge is 0.300 e. The van der Waals surface area contributed by atoms with E-state index in [0.29, 0.717) is 0 Å². The first-order valence-corrected chi connectivity index (χ1v) is 7.98. The monoisotopic (exact) mass is 264 g/mol. The predicted octanol–water partition coefficient (Wildman–Crippen LogP) is 3.38.